The normalized spacial score (nSPS) is 11.6. The average molecular weight is 539 g/mol. The number of nitrogens with zero attached hydrogens (tertiary/aromatic N) is 4. The Balaban J connectivity index is 1.67. The van der Waals surface area contributed by atoms with Crippen molar-refractivity contribution in [3.63, 3.8) is 0 Å². The molecule has 3 aromatic carbocycles. The van der Waals surface area contributed by atoms with Gasteiger partial charge in [0.05, 0.1) is 41.5 Å². The molecule has 2 heterocycles. The van der Waals surface area contributed by atoms with Gasteiger partial charge in [0, 0.05) is 35.0 Å². The van der Waals surface area contributed by atoms with Crippen LogP contribution in [-0.4, -0.2) is 48.6 Å². The summed E-state index contributed by atoms with van der Waals surface area (Å²) in [6.07, 6.45) is 4.52. The first kappa shape index (κ1) is 24.7. The lowest BCUT2D eigenvalue weighted by molar-refractivity contribution is 0.356. The summed E-state index contributed by atoms with van der Waals surface area (Å²) < 4.78 is 49.7. The van der Waals surface area contributed by atoms with Crippen molar-refractivity contribution >= 4 is 32.3 Å². The Bertz CT molecular complexity index is 1760. The van der Waals surface area contributed by atoms with Crippen LogP contribution in [-0.2, 0) is 9.84 Å². The summed E-state index contributed by atoms with van der Waals surface area (Å²) in [6.45, 7) is 0. The minimum absolute atomic E-state index is 0.188. The van der Waals surface area contributed by atoms with Crippen molar-refractivity contribution in [3.8, 4) is 39.8 Å². The molecule has 37 heavy (non-hydrogen) atoms. The van der Waals surface area contributed by atoms with Gasteiger partial charge in [-0.1, -0.05) is 23.7 Å². The Hall–Kier alpha value is -4.02. The Morgan fingerprint density at radius 1 is 0.919 bits per heavy atom. The van der Waals surface area contributed by atoms with Gasteiger partial charge < -0.3 is 9.47 Å². The number of hydrogen-bond donors (Lipinski definition) is 0. The number of methoxy groups -OCH3 is 2. The van der Waals surface area contributed by atoms with Crippen molar-refractivity contribution in [3.05, 3.63) is 77.8 Å². The zero-order chi connectivity index (χ0) is 26.3. The van der Waals surface area contributed by atoms with Crippen LogP contribution >= 0.6 is 11.6 Å². The molecule has 0 N–H and O–H groups in total. The smallest absolute Gasteiger partial charge is 0.251 e. The van der Waals surface area contributed by atoms with Crippen LogP contribution in [0.1, 0.15) is 0 Å². The van der Waals surface area contributed by atoms with Crippen molar-refractivity contribution in [1.82, 2.24) is 19.7 Å². The fourth-order valence-corrected chi connectivity index (χ4v) is 4.80. The molecule has 2 aromatic heterocycles. The summed E-state index contributed by atoms with van der Waals surface area (Å²) in [7, 11) is -0.252. The Morgan fingerprint density at radius 2 is 1.62 bits per heavy atom. The van der Waals surface area contributed by atoms with E-state index in [4.69, 9.17) is 26.1 Å². The number of fused-ring (bicyclic) bond motifs is 1. The van der Waals surface area contributed by atoms with Crippen LogP contribution in [0, 0.1) is 5.82 Å². The Labute approximate surface area is 217 Å². The van der Waals surface area contributed by atoms with Gasteiger partial charge in [-0.05, 0) is 42.0 Å². The summed E-state index contributed by atoms with van der Waals surface area (Å²) in [4.78, 5) is 9.63. The quantitative estimate of drug-likeness (QED) is 0.287. The van der Waals surface area contributed by atoms with Crippen LogP contribution in [0.3, 0.4) is 0 Å². The van der Waals surface area contributed by atoms with Crippen molar-refractivity contribution in [2.75, 3.05) is 20.5 Å². The lowest BCUT2D eigenvalue weighted by Gasteiger charge is -2.13. The van der Waals surface area contributed by atoms with Crippen LogP contribution < -0.4 is 9.47 Å². The molecule has 0 saturated heterocycles. The standard InChI is InChI=1S/C26H20ClFN4O4S/c1-35-23-11-20-22(12-24(23)36-2)30-26(31-25(20)19-9-6-17(28)10-21(19)27)32-14-16(13-29-32)15-4-7-18(8-5-15)37(3,33)34/h4-14H,1-3H3. The molecule has 0 fully saturated rings. The minimum atomic E-state index is -3.30. The van der Waals surface area contributed by atoms with Crippen molar-refractivity contribution in [2.24, 2.45) is 0 Å². The lowest BCUT2D eigenvalue weighted by Crippen LogP contribution is -2.04. The van der Waals surface area contributed by atoms with Crippen LogP contribution in [0.25, 0.3) is 39.2 Å². The molecule has 0 aliphatic heterocycles. The van der Waals surface area contributed by atoms with Crippen LogP contribution in [0.15, 0.2) is 71.9 Å². The van der Waals surface area contributed by atoms with Gasteiger partial charge in [0.2, 0.25) is 0 Å². The first-order chi connectivity index (χ1) is 17.7. The van der Waals surface area contributed by atoms with Crippen molar-refractivity contribution < 1.29 is 22.3 Å². The summed E-state index contributed by atoms with van der Waals surface area (Å²) in [5.74, 6) is 0.729. The maximum Gasteiger partial charge on any atom is 0.251 e. The highest BCUT2D eigenvalue weighted by molar-refractivity contribution is 7.90. The molecule has 11 heteroatoms. The molecule has 0 amide bonds. The molecule has 0 radical (unpaired) electrons. The van der Waals surface area contributed by atoms with Gasteiger partial charge in [-0.3, -0.25) is 0 Å². The Kier molecular flexibility index (Phi) is 6.30. The molecule has 0 aliphatic rings. The SMILES string of the molecule is COc1cc2nc(-n3cc(-c4ccc(S(C)(=O)=O)cc4)cn3)nc(-c3ccc(F)cc3Cl)c2cc1OC. The topological polar surface area (TPSA) is 96.2 Å². The molecule has 188 valence electrons. The molecule has 0 spiro atoms. The predicted octanol–water partition coefficient (Wildman–Crippen LogP) is 5.36. The molecule has 0 aliphatic carbocycles. The number of sulfone groups is 1. The monoisotopic (exact) mass is 538 g/mol. The zero-order valence-corrected chi connectivity index (χ0v) is 21.5. The zero-order valence-electron chi connectivity index (χ0n) is 19.9. The molecule has 0 unspecified atom stereocenters. The number of halogens is 2. The van der Waals surface area contributed by atoms with Gasteiger partial charge in [0.25, 0.3) is 5.95 Å². The molecular formula is C26H20ClFN4O4S. The van der Waals surface area contributed by atoms with E-state index in [0.717, 1.165) is 17.4 Å². The van der Waals surface area contributed by atoms with Crippen LogP contribution in [0.4, 0.5) is 4.39 Å². The van der Waals surface area contributed by atoms with Crippen LogP contribution in [0.5, 0.6) is 11.5 Å². The first-order valence-corrected chi connectivity index (χ1v) is 13.2. The van der Waals surface area contributed by atoms with E-state index in [1.807, 2.05) is 0 Å². The number of benzene rings is 3. The van der Waals surface area contributed by atoms with Gasteiger partial charge in [-0.25, -0.2) is 27.5 Å². The number of hydrogen-bond acceptors (Lipinski definition) is 7. The van der Waals surface area contributed by atoms with Gasteiger partial charge in [-0.15, -0.1) is 0 Å². The fraction of sp³-hybridized carbons (Fsp3) is 0.115. The second kappa shape index (κ2) is 9.45. The highest BCUT2D eigenvalue weighted by atomic mass is 35.5. The van der Waals surface area contributed by atoms with E-state index in [1.54, 1.807) is 54.9 Å². The molecule has 5 aromatic rings. The molecule has 0 bridgehead atoms. The molecule has 5 rings (SSSR count). The summed E-state index contributed by atoms with van der Waals surface area (Å²) in [6, 6.07) is 14.0. The van der Waals surface area contributed by atoms with Crippen molar-refractivity contribution in [1.29, 1.82) is 0 Å². The third kappa shape index (κ3) is 4.73. The number of rotatable bonds is 6. The minimum Gasteiger partial charge on any atom is -0.493 e. The summed E-state index contributed by atoms with van der Waals surface area (Å²) >= 11 is 6.40. The third-order valence-corrected chi connectivity index (χ3v) is 7.22. The van der Waals surface area contributed by atoms with E-state index in [1.165, 1.54) is 31.0 Å². The van der Waals surface area contributed by atoms with Crippen molar-refractivity contribution in [2.45, 2.75) is 4.90 Å². The van der Waals surface area contributed by atoms with E-state index in [-0.39, 0.29) is 15.9 Å². The fourth-order valence-electron chi connectivity index (χ4n) is 3.91. The van der Waals surface area contributed by atoms with E-state index in [9.17, 15) is 12.8 Å². The molecule has 8 nitrogen and oxygen atoms in total. The van der Waals surface area contributed by atoms with E-state index in [0.29, 0.717) is 33.7 Å². The highest BCUT2D eigenvalue weighted by Gasteiger charge is 2.18. The van der Waals surface area contributed by atoms with Gasteiger partial charge in [-0.2, -0.15) is 5.10 Å². The largest absolute Gasteiger partial charge is 0.493 e. The van der Waals surface area contributed by atoms with Crippen LogP contribution in [0.2, 0.25) is 5.02 Å². The first-order valence-electron chi connectivity index (χ1n) is 10.9. The van der Waals surface area contributed by atoms with E-state index in [2.05, 4.69) is 10.1 Å². The average Bonchev–Trinajstić information content (AvgIpc) is 3.37. The van der Waals surface area contributed by atoms with Gasteiger partial charge in [0.1, 0.15) is 5.82 Å². The summed E-state index contributed by atoms with van der Waals surface area (Å²) in [5, 5.41) is 5.22. The molecule has 0 atom stereocenters. The number of aromatic nitrogens is 4. The highest BCUT2D eigenvalue weighted by Crippen LogP contribution is 2.38. The van der Waals surface area contributed by atoms with Gasteiger partial charge >= 0.3 is 0 Å². The molecule has 0 saturated carbocycles. The third-order valence-electron chi connectivity index (χ3n) is 5.78. The Morgan fingerprint density at radius 3 is 2.27 bits per heavy atom. The predicted molar refractivity (Wildman–Crippen MR) is 139 cm³/mol. The summed E-state index contributed by atoms with van der Waals surface area (Å²) in [5.41, 5.74) is 3.01. The van der Waals surface area contributed by atoms with E-state index < -0.39 is 15.7 Å². The second-order valence-corrected chi connectivity index (χ2v) is 10.6. The second-order valence-electron chi connectivity index (χ2n) is 8.19. The van der Waals surface area contributed by atoms with Gasteiger partial charge in [0.15, 0.2) is 21.3 Å². The lowest BCUT2D eigenvalue weighted by atomic mass is 10.1. The number of ether oxygens (including phenoxy) is 2. The molecular weight excluding hydrogens is 519 g/mol. The van der Waals surface area contributed by atoms with E-state index >= 15 is 0 Å². The maximum absolute atomic E-state index is 13.8. The maximum atomic E-state index is 13.8.